The monoisotopic (exact) mass is 222 g/mol. The number of hydrogen-bond acceptors (Lipinski definition) is 5. The third-order valence-electron chi connectivity index (χ3n) is 3.55. The van der Waals surface area contributed by atoms with Crippen molar-refractivity contribution in [3.63, 3.8) is 0 Å². The summed E-state index contributed by atoms with van der Waals surface area (Å²) in [6.07, 6.45) is 2.20. The number of fused-ring (bicyclic) bond motifs is 1. The van der Waals surface area contributed by atoms with Crippen molar-refractivity contribution in [3.05, 3.63) is 11.6 Å². The standard InChI is InChI=1S/C10H18N6/c11-15-4-1-8(2-5-15)10-14-13-9-7-12-3-6-16(9)10/h8,12H,1-7,11H2. The quantitative estimate of drug-likeness (QED) is 0.623. The van der Waals surface area contributed by atoms with Crippen LogP contribution in [0.4, 0.5) is 0 Å². The first kappa shape index (κ1) is 10.2. The highest BCUT2D eigenvalue weighted by Gasteiger charge is 2.25. The first-order valence-corrected chi connectivity index (χ1v) is 5.97. The predicted molar refractivity (Wildman–Crippen MR) is 59.5 cm³/mol. The largest absolute Gasteiger partial charge is 0.312 e. The molecule has 6 nitrogen and oxygen atoms in total. The molecule has 0 spiro atoms. The summed E-state index contributed by atoms with van der Waals surface area (Å²) < 4.78 is 2.29. The Labute approximate surface area is 94.8 Å². The molecule has 0 radical (unpaired) electrons. The highest BCUT2D eigenvalue weighted by molar-refractivity contribution is 5.05. The maximum Gasteiger partial charge on any atom is 0.147 e. The molecule has 0 atom stereocenters. The van der Waals surface area contributed by atoms with Gasteiger partial charge in [0, 0.05) is 32.1 Å². The van der Waals surface area contributed by atoms with E-state index in [0.717, 1.165) is 51.4 Å². The summed E-state index contributed by atoms with van der Waals surface area (Å²) in [6.45, 7) is 4.80. The van der Waals surface area contributed by atoms with Crippen molar-refractivity contribution >= 4 is 0 Å². The molecule has 3 heterocycles. The Kier molecular flexibility index (Phi) is 2.62. The zero-order valence-electron chi connectivity index (χ0n) is 9.39. The van der Waals surface area contributed by atoms with E-state index >= 15 is 0 Å². The van der Waals surface area contributed by atoms with E-state index in [9.17, 15) is 0 Å². The zero-order valence-corrected chi connectivity index (χ0v) is 9.39. The van der Waals surface area contributed by atoms with Crippen molar-refractivity contribution in [3.8, 4) is 0 Å². The van der Waals surface area contributed by atoms with Crippen molar-refractivity contribution in [1.29, 1.82) is 0 Å². The number of rotatable bonds is 1. The molecule has 0 unspecified atom stereocenters. The van der Waals surface area contributed by atoms with Crippen LogP contribution in [0.15, 0.2) is 0 Å². The Morgan fingerprint density at radius 1 is 1.19 bits per heavy atom. The van der Waals surface area contributed by atoms with Crippen LogP contribution in [0, 0.1) is 0 Å². The summed E-state index contributed by atoms with van der Waals surface area (Å²) in [5.74, 6) is 8.56. The van der Waals surface area contributed by atoms with Crippen LogP contribution in [0.25, 0.3) is 0 Å². The minimum Gasteiger partial charge on any atom is -0.312 e. The average Bonchev–Trinajstić information content (AvgIpc) is 2.74. The molecule has 1 aromatic heterocycles. The van der Waals surface area contributed by atoms with Crippen LogP contribution in [0.1, 0.15) is 30.4 Å². The first-order chi connectivity index (χ1) is 7.84. The summed E-state index contributed by atoms with van der Waals surface area (Å²) in [5, 5.41) is 13.8. The van der Waals surface area contributed by atoms with Gasteiger partial charge in [0.05, 0.1) is 6.54 Å². The van der Waals surface area contributed by atoms with Crippen LogP contribution < -0.4 is 11.2 Å². The Bertz CT molecular complexity index is 365. The fourth-order valence-electron chi connectivity index (χ4n) is 2.57. The number of piperidine rings is 1. The average molecular weight is 222 g/mol. The lowest BCUT2D eigenvalue weighted by Crippen LogP contribution is -2.39. The van der Waals surface area contributed by atoms with Crippen molar-refractivity contribution in [2.75, 3.05) is 19.6 Å². The lowest BCUT2D eigenvalue weighted by atomic mass is 9.97. The van der Waals surface area contributed by atoms with Gasteiger partial charge in [0.15, 0.2) is 0 Å². The highest BCUT2D eigenvalue weighted by atomic mass is 15.4. The minimum atomic E-state index is 0.541. The van der Waals surface area contributed by atoms with Crippen molar-refractivity contribution in [2.45, 2.75) is 31.8 Å². The van der Waals surface area contributed by atoms with E-state index in [2.05, 4.69) is 20.1 Å². The third kappa shape index (κ3) is 1.73. The van der Waals surface area contributed by atoms with E-state index in [-0.39, 0.29) is 0 Å². The van der Waals surface area contributed by atoms with Gasteiger partial charge < -0.3 is 9.88 Å². The molecule has 3 rings (SSSR count). The van der Waals surface area contributed by atoms with Crippen LogP contribution in [0.2, 0.25) is 0 Å². The fourth-order valence-corrected chi connectivity index (χ4v) is 2.57. The van der Waals surface area contributed by atoms with Gasteiger partial charge in [0.25, 0.3) is 0 Å². The van der Waals surface area contributed by atoms with E-state index < -0.39 is 0 Å². The van der Waals surface area contributed by atoms with Gasteiger partial charge in [-0.3, -0.25) is 5.84 Å². The van der Waals surface area contributed by atoms with Gasteiger partial charge in [0.2, 0.25) is 0 Å². The van der Waals surface area contributed by atoms with Gasteiger partial charge >= 0.3 is 0 Å². The van der Waals surface area contributed by atoms with Gasteiger partial charge in [0.1, 0.15) is 11.6 Å². The molecule has 0 amide bonds. The maximum absolute atomic E-state index is 5.77. The summed E-state index contributed by atoms with van der Waals surface area (Å²) in [6, 6.07) is 0. The molecule has 6 heteroatoms. The van der Waals surface area contributed by atoms with Crippen LogP contribution in [-0.2, 0) is 13.1 Å². The van der Waals surface area contributed by atoms with Gasteiger partial charge in [-0.1, -0.05) is 0 Å². The molecule has 0 aromatic carbocycles. The minimum absolute atomic E-state index is 0.541. The van der Waals surface area contributed by atoms with E-state index in [4.69, 9.17) is 5.84 Å². The Hall–Kier alpha value is -0.980. The van der Waals surface area contributed by atoms with Gasteiger partial charge in [-0.15, -0.1) is 10.2 Å². The summed E-state index contributed by atoms with van der Waals surface area (Å²) in [4.78, 5) is 0. The number of nitrogens with two attached hydrogens (primary N) is 1. The van der Waals surface area contributed by atoms with Crippen LogP contribution in [-0.4, -0.2) is 39.4 Å². The van der Waals surface area contributed by atoms with E-state index in [1.54, 1.807) is 0 Å². The second-order valence-corrected chi connectivity index (χ2v) is 4.61. The topological polar surface area (TPSA) is 72.0 Å². The number of hydrogen-bond donors (Lipinski definition) is 2. The molecule has 16 heavy (non-hydrogen) atoms. The molecule has 3 N–H and O–H groups in total. The Morgan fingerprint density at radius 2 is 2.00 bits per heavy atom. The second-order valence-electron chi connectivity index (χ2n) is 4.61. The van der Waals surface area contributed by atoms with Crippen molar-refractivity contribution in [2.24, 2.45) is 5.84 Å². The molecule has 0 aliphatic carbocycles. The zero-order chi connectivity index (χ0) is 11.0. The molecular weight excluding hydrogens is 204 g/mol. The molecule has 1 fully saturated rings. The van der Waals surface area contributed by atoms with Crippen LogP contribution in [0.5, 0.6) is 0 Å². The van der Waals surface area contributed by atoms with Gasteiger partial charge in [-0.25, -0.2) is 5.01 Å². The summed E-state index contributed by atoms with van der Waals surface area (Å²) in [5.41, 5.74) is 0. The van der Waals surface area contributed by atoms with E-state index in [1.165, 1.54) is 5.82 Å². The predicted octanol–water partition coefficient (Wildman–Crippen LogP) is -0.566. The number of aromatic nitrogens is 3. The lowest BCUT2D eigenvalue weighted by molar-refractivity contribution is 0.211. The summed E-state index contributed by atoms with van der Waals surface area (Å²) >= 11 is 0. The molecule has 1 saturated heterocycles. The van der Waals surface area contributed by atoms with Crippen molar-refractivity contribution in [1.82, 2.24) is 25.1 Å². The Balaban J connectivity index is 1.81. The summed E-state index contributed by atoms with van der Waals surface area (Å²) in [7, 11) is 0. The van der Waals surface area contributed by atoms with Gasteiger partial charge in [-0.2, -0.15) is 0 Å². The Morgan fingerprint density at radius 3 is 2.81 bits per heavy atom. The van der Waals surface area contributed by atoms with Crippen molar-refractivity contribution < 1.29 is 0 Å². The van der Waals surface area contributed by atoms with E-state index in [1.807, 2.05) is 5.01 Å². The van der Waals surface area contributed by atoms with Gasteiger partial charge in [-0.05, 0) is 12.8 Å². The maximum atomic E-state index is 5.77. The number of nitrogens with one attached hydrogen (secondary N) is 1. The smallest absolute Gasteiger partial charge is 0.147 e. The molecule has 2 aliphatic heterocycles. The molecule has 88 valence electrons. The number of hydrazine groups is 1. The van der Waals surface area contributed by atoms with E-state index in [0.29, 0.717) is 5.92 Å². The third-order valence-corrected chi connectivity index (χ3v) is 3.55. The molecule has 1 aromatic rings. The van der Waals surface area contributed by atoms with Crippen LogP contribution >= 0.6 is 0 Å². The van der Waals surface area contributed by atoms with Crippen LogP contribution in [0.3, 0.4) is 0 Å². The molecule has 0 saturated carbocycles. The first-order valence-electron chi connectivity index (χ1n) is 5.97. The number of nitrogens with zero attached hydrogens (tertiary/aromatic N) is 4. The highest BCUT2D eigenvalue weighted by Crippen LogP contribution is 2.26. The SMILES string of the molecule is NN1CCC(c2nnc3n2CCNC3)CC1. The molecular formula is C10H18N6. The normalized spacial score (nSPS) is 23.3. The lowest BCUT2D eigenvalue weighted by Gasteiger charge is -2.28. The second kappa shape index (κ2) is 4.12. The molecule has 2 aliphatic rings. The fraction of sp³-hybridized carbons (Fsp3) is 0.800. The molecule has 0 bridgehead atoms.